The molecular weight excluding hydrogens is 280 g/mol. The zero-order chi connectivity index (χ0) is 14.7. The molecule has 1 aliphatic carbocycles. The lowest BCUT2D eigenvalue weighted by atomic mass is 9.83. The highest BCUT2D eigenvalue weighted by molar-refractivity contribution is 7.22. The average Bonchev–Trinajstić information content (AvgIpc) is 2.90. The van der Waals surface area contributed by atoms with Gasteiger partial charge in [-0.25, -0.2) is 4.98 Å². The van der Waals surface area contributed by atoms with Gasteiger partial charge < -0.3 is 10.1 Å². The molecule has 1 aromatic carbocycles. The van der Waals surface area contributed by atoms with Crippen LogP contribution in [0.15, 0.2) is 18.2 Å². The molecule has 1 aromatic heterocycles. The fourth-order valence-electron chi connectivity index (χ4n) is 3.27. The van der Waals surface area contributed by atoms with Crippen LogP contribution in [0.5, 0.6) is 5.75 Å². The second-order valence-corrected chi connectivity index (χ2v) is 7.03. The van der Waals surface area contributed by atoms with Gasteiger partial charge in [-0.2, -0.15) is 0 Å². The SMILES string of the molecule is CCCC1CCC(Nc2nc3ccc(OC)cc3s2)CC1. The zero-order valence-corrected chi connectivity index (χ0v) is 13.7. The maximum absolute atomic E-state index is 5.27. The third-order valence-corrected chi connectivity index (χ3v) is 5.42. The van der Waals surface area contributed by atoms with Crippen molar-refractivity contribution in [3.8, 4) is 5.75 Å². The molecular formula is C17H24N2OS. The van der Waals surface area contributed by atoms with Crippen LogP contribution in [0.3, 0.4) is 0 Å². The molecule has 0 amide bonds. The van der Waals surface area contributed by atoms with Gasteiger partial charge in [-0.15, -0.1) is 0 Å². The van der Waals surface area contributed by atoms with Gasteiger partial charge in [0.2, 0.25) is 0 Å². The van der Waals surface area contributed by atoms with Gasteiger partial charge >= 0.3 is 0 Å². The highest BCUT2D eigenvalue weighted by Gasteiger charge is 2.21. The number of nitrogens with one attached hydrogen (secondary N) is 1. The smallest absolute Gasteiger partial charge is 0.184 e. The Morgan fingerprint density at radius 3 is 2.81 bits per heavy atom. The number of thiazole rings is 1. The number of anilines is 1. The van der Waals surface area contributed by atoms with Crippen molar-refractivity contribution in [3.63, 3.8) is 0 Å². The molecule has 0 aliphatic heterocycles. The molecule has 1 fully saturated rings. The number of fused-ring (bicyclic) bond motifs is 1. The minimum Gasteiger partial charge on any atom is -0.497 e. The van der Waals surface area contributed by atoms with Crippen molar-refractivity contribution in [2.45, 2.75) is 51.5 Å². The Labute approximate surface area is 130 Å². The Kier molecular flexibility index (Phi) is 4.63. The molecule has 0 saturated heterocycles. The van der Waals surface area contributed by atoms with Gasteiger partial charge in [-0.3, -0.25) is 0 Å². The second-order valence-electron chi connectivity index (χ2n) is 6.00. The molecule has 3 nitrogen and oxygen atoms in total. The molecule has 114 valence electrons. The van der Waals surface area contributed by atoms with E-state index in [0.717, 1.165) is 22.3 Å². The van der Waals surface area contributed by atoms with Crippen LogP contribution in [-0.4, -0.2) is 18.1 Å². The van der Waals surface area contributed by atoms with E-state index in [9.17, 15) is 0 Å². The van der Waals surface area contributed by atoms with E-state index >= 15 is 0 Å². The van der Waals surface area contributed by atoms with Gasteiger partial charge in [0, 0.05) is 6.04 Å². The molecule has 0 spiro atoms. The Morgan fingerprint density at radius 2 is 2.10 bits per heavy atom. The van der Waals surface area contributed by atoms with Crippen LogP contribution in [0.1, 0.15) is 45.4 Å². The summed E-state index contributed by atoms with van der Waals surface area (Å²) in [6, 6.07) is 6.67. The van der Waals surface area contributed by atoms with E-state index < -0.39 is 0 Å². The second kappa shape index (κ2) is 6.65. The minimum atomic E-state index is 0.598. The molecule has 0 bridgehead atoms. The fourth-order valence-corrected chi connectivity index (χ4v) is 4.24. The van der Waals surface area contributed by atoms with Gasteiger partial charge in [-0.1, -0.05) is 31.1 Å². The normalized spacial score (nSPS) is 22.4. The first-order chi connectivity index (χ1) is 10.3. The topological polar surface area (TPSA) is 34.2 Å². The van der Waals surface area contributed by atoms with Crippen LogP contribution in [0.4, 0.5) is 5.13 Å². The molecule has 0 radical (unpaired) electrons. The molecule has 0 unspecified atom stereocenters. The molecule has 0 atom stereocenters. The van der Waals surface area contributed by atoms with Gasteiger partial charge in [0.25, 0.3) is 0 Å². The van der Waals surface area contributed by atoms with Crippen molar-refractivity contribution >= 4 is 26.7 Å². The molecule has 1 heterocycles. The summed E-state index contributed by atoms with van der Waals surface area (Å²) in [6.45, 7) is 2.29. The van der Waals surface area contributed by atoms with Crippen LogP contribution in [0.25, 0.3) is 10.2 Å². The highest BCUT2D eigenvalue weighted by atomic mass is 32.1. The lowest BCUT2D eigenvalue weighted by Gasteiger charge is -2.28. The fraction of sp³-hybridized carbons (Fsp3) is 0.588. The van der Waals surface area contributed by atoms with E-state index in [1.807, 2.05) is 12.1 Å². The van der Waals surface area contributed by atoms with Crippen LogP contribution in [0.2, 0.25) is 0 Å². The van der Waals surface area contributed by atoms with Crippen LogP contribution >= 0.6 is 11.3 Å². The molecule has 1 saturated carbocycles. The Hall–Kier alpha value is -1.29. The molecule has 1 aliphatic rings. The predicted octanol–water partition coefficient (Wildman–Crippen LogP) is 5.08. The molecule has 2 aromatic rings. The Morgan fingerprint density at radius 1 is 1.29 bits per heavy atom. The van der Waals surface area contributed by atoms with Gasteiger partial charge in [0.05, 0.1) is 17.3 Å². The van der Waals surface area contributed by atoms with Gasteiger partial charge in [0.15, 0.2) is 5.13 Å². The Balaban J connectivity index is 1.63. The molecule has 3 rings (SSSR count). The van der Waals surface area contributed by atoms with E-state index in [-0.39, 0.29) is 0 Å². The van der Waals surface area contributed by atoms with Crippen LogP contribution < -0.4 is 10.1 Å². The summed E-state index contributed by atoms with van der Waals surface area (Å²) < 4.78 is 6.47. The van der Waals surface area contributed by atoms with Crippen molar-refractivity contribution < 1.29 is 4.74 Å². The number of ether oxygens (including phenoxy) is 1. The standard InChI is InChI=1S/C17H24N2OS/c1-3-4-12-5-7-13(8-6-12)18-17-19-15-10-9-14(20-2)11-16(15)21-17/h9-13H,3-8H2,1-2H3,(H,18,19). The maximum atomic E-state index is 5.27. The van der Waals surface area contributed by atoms with Gasteiger partial charge in [-0.05, 0) is 49.8 Å². The van der Waals surface area contributed by atoms with E-state index in [0.29, 0.717) is 6.04 Å². The Bertz CT molecular complexity index is 587. The summed E-state index contributed by atoms with van der Waals surface area (Å²) >= 11 is 1.73. The lowest BCUT2D eigenvalue weighted by molar-refractivity contribution is 0.319. The number of benzene rings is 1. The van der Waals surface area contributed by atoms with Crippen LogP contribution in [0, 0.1) is 5.92 Å². The molecule has 1 N–H and O–H groups in total. The summed E-state index contributed by atoms with van der Waals surface area (Å²) in [4.78, 5) is 4.69. The monoisotopic (exact) mass is 304 g/mol. The maximum Gasteiger partial charge on any atom is 0.184 e. The first-order valence-corrected chi connectivity index (χ1v) is 8.81. The van der Waals surface area contributed by atoms with Crippen molar-refractivity contribution in [3.05, 3.63) is 18.2 Å². The predicted molar refractivity (Wildman–Crippen MR) is 90.4 cm³/mol. The van der Waals surface area contributed by atoms with Crippen molar-refractivity contribution in [1.82, 2.24) is 4.98 Å². The summed E-state index contributed by atoms with van der Waals surface area (Å²) in [7, 11) is 1.70. The summed E-state index contributed by atoms with van der Waals surface area (Å²) in [5.74, 6) is 1.85. The van der Waals surface area contributed by atoms with Crippen molar-refractivity contribution in [2.75, 3.05) is 12.4 Å². The first kappa shape index (κ1) is 14.6. The first-order valence-electron chi connectivity index (χ1n) is 7.99. The number of hydrogen-bond donors (Lipinski definition) is 1. The number of rotatable bonds is 5. The number of nitrogens with zero attached hydrogens (tertiary/aromatic N) is 1. The summed E-state index contributed by atoms with van der Waals surface area (Å²) in [5, 5.41) is 4.69. The van der Waals surface area contributed by atoms with Crippen LogP contribution in [-0.2, 0) is 0 Å². The zero-order valence-electron chi connectivity index (χ0n) is 12.9. The minimum absolute atomic E-state index is 0.598. The largest absolute Gasteiger partial charge is 0.497 e. The third kappa shape index (κ3) is 3.49. The third-order valence-electron chi connectivity index (χ3n) is 4.47. The number of aromatic nitrogens is 1. The van der Waals surface area contributed by atoms with E-state index in [1.165, 1.54) is 43.2 Å². The van der Waals surface area contributed by atoms with E-state index in [2.05, 4.69) is 23.3 Å². The van der Waals surface area contributed by atoms with E-state index in [4.69, 9.17) is 4.74 Å². The summed E-state index contributed by atoms with van der Waals surface area (Å²) in [5.41, 5.74) is 1.06. The van der Waals surface area contributed by atoms with Gasteiger partial charge in [0.1, 0.15) is 5.75 Å². The summed E-state index contributed by atoms with van der Waals surface area (Å²) in [6.07, 6.45) is 8.01. The van der Waals surface area contributed by atoms with Crippen molar-refractivity contribution in [2.24, 2.45) is 5.92 Å². The number of methoxy groups -OCH3 is 1. The van der Waals surface area contributed by atoms with E-state index in [1.54, 1.807) is 18.4 Å². The lowest BCUT2D eigenvalue weighted by Crippen LogP contribution is -2.25. The number of hydrogen-bond acceptors (Lipinski definition) is 4. The van der Waals surface area contributed by atoms with Crippen molar-refractivity contribution in [1.29, 1.82) is 0 Å². The molecule has 21 heavy (non-hydrogen) atoms. The average molecular weight is 304 g/mol. The quantitative estimate of drug-likeness (QED) is 0.837. The highest BCUT2D eigenvalue weighted by Crippen LogP contribution is 2.33. The molecule has 4 heteroatoms.